The van der Waals surface area contributed by atoms with Gasteiger partial charge in [-0.15, -0.1) is 10.2 Å². The summed E-state index contributed by atoms with van der Waals surface area (Å²) in [5, 5.41) is 11.7. The number of hydrogen-bond donors (Lipinski definition) is 1. The molecule has 1 aliphatic carbocycles. The molecule has 1 fully saturated rings. The van der Waals surface area contributed by atoms with Crippen LogP contribution < -0.4 is 10.2 Å². The van der Waals surface area contributed by atoms with E-state index in [2.05, 4.69) is 15.5 Å². The molecule has 0 radical (unpaired) electrons. The van der Waals surface area contributed by atoms with E-state index in [1.165, 1.54) is 23.1 Å². The molecular formula is C23H22N4O3S2. The van der Waals surface area contributed by atoms with Gasteiger partial charge >= 0.3 is 0 Å². The predicted molar refractivity (Wildman–Crippen MR) is 126 cm³/mol. The second kappa shape index (κ2) is 10.1. The topological polar surface area (TPSA) is 92.3 Å². The molecule has 164 valence electrons. The Balaban J connectivity index is 1.39. The fourth-order valence-corrected chi connectivity index (χ4v) is 4.91. The number of para-hydroxylation sites is 1. The van der Waals surface area contributed by atoms with Crippen LogP contribution in [0.2, 0.25) is 0 Å². The van der Waals surface area contributed by atoms with Gasteiger partial charge in [-0.2, -0.15) is 0 Å². The first-order valence-electron chi connectivity index (χ1n) is 10.3. The van der Waals surface area contributed by atoms with Crippen molar-refractivity contribution in [2.75, 3.05) is 16.0 Å². The summed E-state index contributed by atoms with van der Waals surface area (Å²) in [6, 6.07) is 16.1. The smallest absolute Gasteiger partial charge is 0.234 e. The summed E-state index contributed by atoms with van der Waals surface area (Å²) < 4.78 is 0.623. The van der Waals surface area contributed by atoms with Crippen molar-refractivity contribution in [3.8, 4) is 0 Å². The second-order valence-corrected chi connectivity index (χ2v) is 9.46. The van der Waals surface area contributed by atoms with E-state index in [-0.39, 0.29) is 29.4 Å². The number of benzene rings is 2. The average Bonchev–Trinajstić information content (AvgIpc) is 3.55. The molecule has 32 heavy (non-hydrogen) atoms. The molecule has 1 aromatic heterocycles. The van der Waals surface area contributed by atoms with Crippen LogP contribution in [-0.4, -0.2) is 39.6 Å². The molecule has 0 bridgehead atoms. The maximum absolute atomic E-state index is 12.8. The Labute approximate surface area is 194 Å². The number of nitrogens with zero attached hydrogens (tertiary/aromatic N) is 3. The second-order valence-electron chi connectivity index (χ2n) is 7.28. The molecule has 7 nitrogen and oxygen atoms in total. The molecule has 1 saturated carbocycles. The van der Waals surface area contributed by atoms with Crippen LogP contribution in [0.1, 0.15) is 42.1 Å². The highest BCUT2D eigenvalue weighted by Crippen LogP contribution is 2.36. The first-order chi connectivity index (χ1) is 15.6. The van der Waals surface area contributed by atoms with Crippen LogP contribution in [0.15, 0.2) is 58.9 Å². The van der Waals surface area contributed by atoms with Gasteiger partial charge in [-0.25, -0.2) is 0 Å². The van der Waals surface area contributed by atoms with Crippen molar-refractivity contribution >= 4 is 51.5 Å². The molecule has 3 aromatic rings. The van der Waals surface area contributed by atoms with Gasteiger partial charge < -0.3 is 5.32 Å². The van der Waals surface area contributed by atoms with E-state index in [9.17, 15) is 14.4 Å². The highest BCUT2D eigenvalue weighted by Gasteiger charge is 2.35. The van der Waals surface area contributed by atoms with Crippen molar-refractivity contribution < 1.29 is 14.4 Å². The van der Waals surface area contributed by atoms with E-state index in [1.807, 2.05) is 13.0 Å². The van der Waals surface area contributed by atoms with Crippen LogP contribution in [0.4, 0.5) is 10.8 Å². The van der Waals surface area contributed by atoms with Gasteiger partial charge in [-0.3, -0.25) is 19.3 Å². The summed E-state index contributed by atoms with van der Waals surface area (Å²) in [7, 11) is 0. The first-order valence-corrected chi connectivity index (χ1v) is 12.1. The zero-order chi connectivity index (χ0) is 22.5. The molecule has 0 saturated heterocycles. The SMILES string of the molecule is CCC(=O)N(c1nnc(SCC(=O)Nc2ccccc2C(=O)c2ccccc2)s1)C1CC1. The quantitative estimate of drug-likeness (QED) is 0.285. The van der Waals surface area contributed by atoms with Gasteiger partial charge in [0.15, 0.2) is 10.1 Å². The van der Waals surface area contributed by atoms with Crippen molar-refractivity contribution in [2.24, 2.45) is 0 Å². The zero-order valence-corrected chi connectivity index (χ0v) is 19.1. The monoisotopic (exact) mass is 466 g/mol. The van der Waals surface area contributed by atoms with E-state index in [0.29, 0.717) is 32.7 Å². The number of thioether (sulfide) groups is 1. The third-order valence-corrected chi connectivity index (χ3v) is 6.95. The Morgan fingerprint density at radius 2 is 1.78 bits per heavy atom. The van der Waals surface area contributed by atoms with Crippen LogP contribution >= 0.6 is 23.1 Å². The van der Waals surface area contributed by atoms with Gasteiger partial charge in [0.2, 0.25) is 16.9 Å². The Morgan fingerprint density at radius 1 is 1.06 bits per heavy atom. The van der Waals surface area contributed by atoms with E-state index in [4.69, 9.17) is 0 Å². The summed E-state index contributed by atoms with van der Waals surface area (Å²) in [4.78, 5) is 39.3. The van der Waals surface area contributed by atoms with Gasteiger partial charge in [0.25, 0.3) is 0 Å². The fraction of sp³-hybridized carbons (Fsp3) is 0.261. The Morgan fingerprint density at radius 3 is 2.50 bits per heavy atom. The van der Waals surface area contributed by atoms with Crippen LogP contribution in [0.5, 0.6) is 0 Å². The van der Waals surface area contributed by atoms with Gasteiger partial charge in [0, 0.05) is 23.6 Å². The third-order valence-electron chi connectivity index (χ3n) is 4.89. The molecule has 0 aliphatic heterocycles. The lowest BCUT2D eigenvalue weighted by Crippen LogP contribution is -2.32. The van der Waals surface area contributed by atoms with Gasteiger partial charge in [-0.05, 0) is 25.0 Å². The predicted octanol–water partition coefficient (Wildman–Crippen LogP) is 4.41. The first kappa shape index (κ1) is 22.2. The molecule has 2 aromatic carbocycles. The van der Waals surface area contributed by atoms with E-state index in [0.717, 1.165) is 12.8 Å². The van der Waals surface area contributed by atoms with Gasteiger partial charge in [0.05, 0.1) is 11.4 Å². The normalized spacial score (nSPS) is 12.9. The number of nitrogens with one attached hydrogen (secondary N) is 1. The maximum Gasteiger partial charge on any atom is 0.234 e. The summed E-state index contributed by atoms with van der Waals surface area (Å²) in [6.07, 6.45) is 2.39. The average molecular weight is 467 g/mol. The highest BCUT2D eigenvalue weighted by atomic mass is 32.2. The lowest BCUT2D eigenvalue weighted by atomic mass is 10.0. The molecular weight excluding hydrogens is 444 g/mol. The Bertz CT molecular complexity index is 1130. The number of hydrogen-bond acceptors (Lipinski definition) is 7. The van der Waals surface area contributed by atoms with Crippen LogP contribution in [0, 0.1) is 0 Å². The molecule has 4 rings (SSSR count). The van der Waals surface area contributed by atoms with E-state index in [1.54, 1.807) is 53.4 Å². The molecule has 1 heterocycles. The van der Waals surface area contributed by atoms with Gasteiger partial charge in [0.1, 0.15) is 0 Å². The number of ketones is 1. The van der Waals surface area contributed by atoms with Crippen molar-refractivity contribution in [1.82, 2.24) is 10.2 Å². The number of rotatable bonds is 9. The van der Waals surface area contributed by atoms with Gasteiger partial charge in [-0.1, -0.05) is 72.5 Å². The summed E-state index contributed by atoms with van der Waals surface area (Å²) in [6.45, 7) is 1.83. The minimum Gasteiger partial charge on any atom is -0.325 e. The Hall–Kier alpha value is -3.04. The van der Waals surface area contributed by atoms with Crippen molar-refractivity contribution in [3.63, 3.8) is 0 Å². The highest BCUT2D eigenvalue weighted by molar-refractivity contribution is 8.01. The lowest BCUT2D eigenvalue weighted by molar-refractivity contribution is -0.118. The van der Waals surface area contributed by atoms with Crippen LogP contribution in [0.25, 0.3) is 0 Å². The minimum absolute atomic E-state index is 0.0395. The van der Waals surface area contributed by atoms with E-state index < -0.39 is 0 Å². The largest absolute Gasteiger partial charge is 0.325 e. The molecule has 0 spiro atoms. The number of amides is 2. The Kier molecular flexibility index (Phi) is 6.96. The number of carbonyl (C=O) groups is 3. The number of anilines is 2. The standard InChI is InChI=1S/C23H22N4O3S2/c1-2-20(29)27(16-12-13-16)22-25-26-23(32-22)31-14-19(28)24-18-11-7-6-10-17(18)21(30)15-8-4-3-5-9-15/h3-11,16H,2,12-14H2,1H3,(H,24,28). The summed E-state index contributed by atoms with van der Waals surface area (Å²) >= 11 is 2.58. The van der Waals surface area contributed by atoms with Crippen molar-refractivity contribution in [3.05, 3.63) is 65.7 Å². The van der Waals surface area contributed by atoms with Crippen LogP contribution in [0.3, 0.4) is 0 Å². The minimum atomic E-state index is -0.247. The van der Waals surface area contributed by atoms with Crippen molar-refractivity contribution in [1.29, 1.82) is 0 Å². The van der Waals surface area contributed by atoms with Crippen molar-refractivity contribution in [2.45, 2.75) is 36.6 Å². The molecule has 2 amide bonds. The maximum atomic E-state index is 12.8. The van der Waals surface area contributed by atoms with E-state index >= 15 is 0 Å². The van der Waals surface area contributed by atoms with Crippen LogP contribution in [-0.2, 0) is 9.59 Å². The fourth-order valence-electron chi connectivity index (χ4n) is 3.18. The third kappa shape index (κ3) is 5.23. The lowest BCUT2D eigenvalue weighted by Gasteiger charge is -2.17. The summed E-state index contributed by atoms with van der Waals surface area (Å²) in [5.41, 5.74) is 1.47. The molecule has 9 heteroatoms. The zero-order valence-electron chi connectivity index (χ0n) is 17.5. The molecule has 0 unspecified atom stereocenters. The molecule has 1 N–H and O–H groups in total. The number of carbonyl (C=O) groups excluding carboxylic acids is 3. The number of aromatic nitrogens is 2. The summed E-state index contributed by atoms with van der Waals surface area (Å²) in [5.74, 6) is -0.238. The molecule has 0 atom stereocenters. The molecule has 1 aliphatic rings.